The fraction of sp³-hybridized carbons (Fsp3) is 0.438. The van der Waals surface area contributed by atoms with Crippen LogP contribution in [-0.2, 0) is 13.0 Å². The number of nitrogens with one attached hydrogen (secondary N) is 1. The molecule has 0 spiro atoms. The summed E-state index contributed by atoms with van der Waals surface area (Å²) in [4.78, 5) is 7.42. The molecule has 21 heavy (non-hydrogen) atoms. The van der Waals surface area contributed by atoms with Crippen molar-refractivity contribution in [2.45, 2.75) is 31.8 Å². The van der Waals surface area contributed by atoms with Crippen LogP contribution in [-0.4, -0.2) is 24.6 Å². The number of thiophene rings is 1. The molecule has 1 aliphatic rings. The Hall–Kier alpha value is -1.46. The molecule has 0 atom stereocenters. The molecule has 3 rings (SSSR count). The number of pyridine rings is 1. The number of hydrogen-bond donors (Lipinski definition) is 1. The van der Waals surface area contributed by atoms with Crippen molar-refractivity contribution in [3.63, 3.8) is 0 Å². The van der Waals surface area contributed by atoms with E-state index in [1.54, 1.807) is 23.6 Å². The number of likely N-dealkylation sites (N-methyl/N-ethyl adjacent to an activating group) is 1. The van der Waals surface area contributed by atoms with Crippen LogP contribution in [0, 0.1) is 5.82 Å². The number of rotatable bonds is 7. The molecule has 1 fully saturated rings. The Kier molecular flexibility index (Phi) is 4.51. The zero-order valence-electron chi connectivity index (χ0n) is 12.2. The van der Waals surface area contributed by atoms with Crippen molar-refractivity contribution < 1.29 is 4.39 Å². The van der Waals surface area contributed by atoms with E-state index in [9.17, 15) is 4.39 Å². The van der Waals surface area contributed by atoms with Gasteiger partial charge in [0, 0.05) is 42.8 Å². The standard InChI is InChI=1S/C16H20FN3S/c1-20(9-7-14-3-2-10-21-14)16-15(17)12(6-8-18-16)11-19-13-4-5-13/h2-3,6,8,10,13,19H,4-5,7,9,11H2,1H3. The van der Waals surface area contributed by atoms with Gasteiger partial charge < -0.3 is 10.2 Å². The third-order valence-corrected chi connectivity index (χ3v) is 4.68. The summed E-state index contributed by atoms with van der Waals surface area (Å²) in [6.07, 6.45) is 5.03. The van der Waals surface area contributed by atoms with Gasteiger partial charge in [-0.15, -0.1) is 11.3 Å². The molecule has 0 saturated heterocycles. The molecule has 0 amide bonds. The fourth-order valence-electron chi connectivity index (χ4n) is 2.25. The maximum Gasteiger partial charge on any atom is 0.170 e. The van der Waals surface area contributed by atoms with E-state index in [0.29, 0.717) is 24.0 Å². The van der Waals surface area contributed by atoms with E-state index in [1.807, 2.05) is 18.0 Å². The maximum atomic E-state index is 14.5. The third kappa shape index (κ3) is 3.80. The van der Waals surface area contributed by atoms with E-state index < -0.39 is 0 Å². The van der Waals surface area contributed by atoms with Crippen molar-refractivity contribution in [3.05, 3.63) is 46.0 Å². The van der Waals surface area contributed by atoms with Gasteiger partial charge in [-0.3, -0.25) is 0 Å². The second-order valence-electron chi connectivity index (χ2n) is 5.51. The fourth-order valence-corrected chi connectivity index (χ4v) is 2.95. The van der Waals surface area contributed by atoms with Crippen LogP contribution in [0.2, 0.25) is 0 Å². The van der Waals surface area contributed by atoms with Gasteiger partial charge in [0.05, 0.1) is 0 Å². The average molecular weight is 305 g/mol. The molecule has 5 heteroatoms. The van der Waals surface area contributed by atoms with Gasteiger partial charge in [-0.1, -0.05) is 6.07 Å². The molecule has 1 aliphatic carbocycles. The summed E-state index contributed by atoms with van der Waals surface area (Å²) >= 11 is 1.73. The van der Waals surface area contributed by atoms with E-state index in [4.69, 9.17) is 0 Å². The van der Waals surface area contributed by atoms with Crippen molar-refractivity contribution >= 4 is 17.2 Å². The van der Waals surface area contributed by atoms with Crippen molar-refractivity contribution in [2.24, 2.45) is 0 Å². The van der Waals surface area contributed by atoms with Gasteiger partial charge in [0.1, 0.15) is 0 Å². The van der Waals surface area contributed by atoms with Gasteiger partial charge in [-0.05, 0) is 36.8 Å². The molecular weight excluding hydrogens is 285 g/mol. The van der Waals surface area contributed by atoms with Gasteiger partial charge in [0.2, 0.25) is 0 Å². The highest BCUT2D eigenvalue weighted by molar-refractivity contribution is 7.09. The van der Waals surface area contributed by atoms with Crippen molar-refractivity contribution in [3.8, 4) is 0 Å². The predicted molar refractivity (Wildman–Crippen MR) is 85.3 cm³/mol. The summed E-state index contributed by atoms with van der Waals surface area (Å²) in [6, 6.07) is 6.50. The lowest BCUT2D eigenvalue weighted by atomic mass is 10.2. The predicted octanol–water partition coefficient (Wildman–Crippen LogP) is 3.21. The lowest BCUT2D eigenvalue weighted by Gasteiger charge is -2.19. The number of aromatic nitrogens is 1. The number of halogens is 1. The van der Waals surface area contributed by atoms with E-state index >= 15 is 0 Å². The second-order valence-corrected chi connectivity index (χ2v) is 6.55. The van der Waals surface area contributed by atoms with Crippen LogP contribution < -0.4 is 10.2 Å². The molecule has 2 aromatic rings. The summed E-state index contributed by atoms with van der Waals surface area (Å²) in [7, 11) is 1.90. The Morgan fingerprint density at radius 3 is 3.00 bits per heavy atom. The molecule has 0 unspecified atom stereocenters. The van der Waals surface area contributed by atoms with Crippen LogP contribution in [0.25, 0.3) is 0 Å². The Morgan fingerprint density at radius 2 is 2.29 bits per heavy atom. The lowest BCUT2D eigenvalue weighted by molar-refractivity contribution is 0.577. The third-order valence-electron chi connectivity index (χ3n) is 3.74. The molecule has 112 valence electrons. The minimum atomic E-state index is -0.195. The second kappa shape index (κ2) is 6.54. The number of anilines is 1. The Bertz CT molecular complexity index is 581. The smallest absolute Gasteiger partial charge is 0.170 e. The lowest BCUT2D eigenvalue weighted by Crippen LogP contribution is -2.24. The Balaban J connectivity index is 1.63. The van der Waals surface area contributed by atoms with Crippen LogP contribution in [0.5, 0.6) is 0 Å². The molecule has 0 radical (unpaired) electrons. The molecule has 2 aromatic heterocycles. The monoisotopic (exact) mass is 305 g/mol. The largest absolute Gasteiger partial charge is 0.357 e. The molecular formula is C16H20FN3S. The van der Waals surface area contributed by atoms with Gasteiger partial charge in [0.15, 0.2) is 11.6 Å². The summed E-state index contributed by atoms with van der Waals surface area (Å²) in [5.41, 5.74) is 0.704. The molecule has 0 aromatic carbocycles. The Labute approximate surface area is 128 Å². The van der Waals surface area contributed by atoms with Crippen molar-refractivity contribution in [1.82, 2.24) is 10.3 Å². The number of nitrogens with zero attached hydrogens (tertiary/aromatic N) is 2. The quantitative estimate of drug-likeness (QED) is 0.851. The maximum absolute atomic E-state index is 14.5. The van der Waals surface area contributed by atoms with Gasteiger partial charge in [-0.2, -0.15) is 0 Å². The average Bonchev–Trinajstić information content (AvgIpc) is 3.17. The van der Waals surface area contributed by atoms with E-state index in [-0.39, 0.29) is 5.82 Å². The first-order valence-electron chi connectivity index (χ1n) is 7.34. The normalized spacial score (nSPS) is 14.4. The first-order chi connectivity index (χ1) is 10.2. The van der Waals surface area contributed by atoms with Crippen LogP contribution in [0.3, 0.4) is 0 Å². The molecule has 1 N–H and O–H groups in total. The van der Waals surface area contributed by atoms with Crippen LogP contribution >= 0.6 is 11.3 Å². The van der Waals surface area contributed by atoms with Gasteiger partial charge >= 0.3 is 0 Å². The highest BCUT2D eigenvalue weighted by Gasteiger charge is 2.21. The molecule has 1 saturated carbocycles. The van der Waals surface area contributed by atoms with Crippen molar-refractivity contribution in [1.29, 1.82) is 0 Å². The van der Waals surface area contributed by atoms with E-state index in [1.165, 1.54) is 17.7 Å². The van der Waals surface area contributed by atoms with Gasteiger partial charge in [0.25, 0.3) is 0 Å². The minimum Gasteiger partial charge on any atom is -0.357 e. The van der Waals surface area contributed by atoms with E-state index in [0.717, 1.165) is 13.0 Å². The molecule has 3 nitrogen and oxygen atoms in total. The highest BCUT2D eigenvalue weighted by Crippen LogP contribution is 2.22. The minimum absolute atomic E-state index is 0.195. The zero-order chi connectivity index (χ0) is 14.7. The highest BCUT2D eigenvalue weighted by atomic mass is 32.1. The number of hydrogen-bond acceptors (Lipinski definition) is 4. The molecule has 0 aliphatic heterocycles. The summed E-state index contributed by atoms with van der Waals surface area (Å²) in [6.45, 7) is 1.36. The molecule has 2 heterocycles. The SMILES string of the molecule is CN(CCc1cccs1)c1nccc(CNC2CC2)c1F. The summed E-state index contributed by atoms with van der Waals surface area (Å²) in [5.74, 6) is 0.251. The van der Waals surface area contributed by atoms with Gasteiger partial charge in [-0.25, -0.2) is 9.37 Å². The van der Waals surface area contributed by atoms with Crippen LogP contribution in [0.15, 0.2) is 29.8 Å². The summed E-state index contributed by atoms with van der Waals surface area (Å²) < 4.78 is 14.5. The van der Waals surface area contributed by atoms with Crippen LogP contribution in [0.4, 0.5) is 10.2 Å². The first kappa shape index (κ1) is 14.5. The zero-order valence-corrected chi connectivity index (χ0v) is 13.0. The van der Waals surface area contributed by atoms with Crippen molar-refractivity contribution in [2.75, 3.05) is 18.5 Å². The van der Waals surface area contributed by atoms with E-state index in [2.05, 4.69) is 21.7 Å². The Morgan fingerprint density at radius 1 is 1.43 bits per heavy atom. The first-order valence-corrected chi connectivity index (χ1v) is 8.22. The summed E-state index contributed by atoms with van der Waals surface area (Å²) in [5, 5.41) is 5.42. The topological polar surface area (TPSA) is 28.2 Å². The molecule has 0 bridgehead atoms. The van der Waals surface area contributed by atoms with Crippen LogP contribution in [0.1, 0.15) is 23.3 Å².